The Morgan fingerprint density at radius 1 is 1.44 bits per heavy atom. The number of benzene rings is 1. The first-order chi connectivity index (χ1) is 8.30. The van der Waals surface area contributed by atoms with E-state index in [1.54, 1.807) is 6.07 Å². The molecule has 0 bridgehead atoms. The van der Waals surface area contributed by atoms with Gasteiger partial charge < -0.3 is 0 Å². The summed E-state index contributed by atoms with van der Waals surface area (Å²) in [6.45, 7) is -0.0674. The normalized spacial score (nSPS) is 11.6. The van der Waals surface area contributed by atoms with Crippen molar-refractivity contribution in [2.45, 2.75) is 11.3 Å². The summed E-state index contributed by atoms with van der Waals surface area (Å²) >= 11 is 2.82. The average Bonchev–Trinajstić information content (AvgIpc) is 2.23. The molecule has 1 aromatic rings. The molecule has 0 aliphatic rings. The zero-order chi connectivity index (χ0) is 13.9. The molecule has 0 saturated carbocycles. The van der Waals surface area contributed by atoms with Crippen LogP contribution < -0.4 is 0 Å². The molecule has 0 N–H and O–H groups in total. The highest BCUT2D eigenvalue weighted by Crippen LogP contribution is 2.28. The van der Waals surface area contributed by atoms with Gasteiger partial charge in [-0.3, -0.25) is 0 Å². The van der Waals surface area contributed by atoms with Crippen LogP contribution in [-0.4, -0.2) is 26.3 Å². The molecule has 18 heavy (non-hydrogen) atoms. The zero-order valence-electron chi connectivity index (χ0n) is 9.32. The maximum absolute atomic E-state index is 13.5. The molecule has 0 heterocycles. The molecule has 0 aliphatic carbocycles. The summed E-state index contributed by atoms with van der Waals surface area (Å²) in [7, 11) is -2.87. The van der Waals surface area contributed by atoms with Crippen LogP contribution in [0.25, 0.3) is 0 Å². The minimum absolute atomic E-state index is 0.0177. The summed E-state index contributed by atoms with van der Waals surface area (Å²) in [6, 6.07) is 3.15. The molecule has 0 radical (unpaired) electrons. The van der Waals surface area contributed by atoms with Crippen LogP contribution in [0, 0.1) is 23.0 Å². The van der Waals surface area contributed by atoms with Crippen molar-refractivity contribution < 1.29 is 17.2 Å². The smallest absolute Gasteiger partial charge is 0.207 e. The monoisotopic (exact) mass is 338 g/mol. The molecule has 4 nitrogen and oxygen atoms in total. The molecular weight excluding hydrogens is 330 g/mol. The Balaban J connectivity index is 3.26. The zero-order valence-corrected chi connectivity index (χ0v) is 11.7. The van der Waals surface area contributed by atoms with Crippen LogP contribution in [0.5, 0.6) is 0 Å². The number of hydrogen-bond acceptors (Lipinski definition) is 3. The lowest BCUT2D eigenvalue weighted by atomic mass is 10.3. The van der Waals surface area contributed by atoms with E-state index in [1.165, 1.54) is 7.05 Å². The first-order valence-electron chi connectivity index (χ1n) is 4.78. The molecule has 98 valence electrons. The minimum atomic E-state index is -4.10. The predicted molar refractivity (Wildman–Crippen MR) is 64.1 cm³/mol. The highest BCUT2D eigenvalue weighted by atomic mass is 79.9. The van der Waals surface area contributed by atoms with E-state index in [1.807, 2.05) is 0 Å². The van der Waals surface area contributed by atoms with Crippen molar-refractivity contribution in [2.24, 2.45) is 0 Å². The lowest BCUT2D eigenvalue weighted by Gasteiger charge is -2.17. The van der Waals surface area contributed by atoms with Crippen LogP contribution in [-0.2, 0) is 10.0 Å². The number of nitriles is 1. The maximum Gasteiger partial charge on any atom is 0.246 e. The summed E-state index contributed by atoms with van der Waals surface area (Å²) in [5.41, 5.74) is 0. The lowest BCUT2D eigenvalue weighted by molar-refractivity contribution is 0.466. The van der Waals surface area contributed by atoms with E-state index in [9.17, 15) is 17.2 Å². The van der Waals surface area contributed by atoms with Gasteiger partial charge in [-0.2, -0.15) is 9.57 Å². The van der Waals surface area contributed by atoms with Gasteiger partial charge in [0.25, 0.3) is 0 Å². The van der Waals surface area contributed by atoms with Crippen molar-refractivity contribution >= 4 is 26.0 Å². The fraction of sp³-hybridized carbons (Fsp3) is 0.300. The Morgan fingerprint density at radius 3 is 2.56 bits per heavy atom. The topological polar surface area (TPSA) is 61.2 Å². The summed E-state index contributed by atoms with van der Waals surface area (Å²) in [5.74, 6) is -2.05. The maximum atomic E-state index is 13.5. The van der Waals surface area contributed by atoms with E-state index in [4.69, 9.17) is 5.26 Å². The van der Waals surface area contributed by atoms with Crippen LogP contribution in [0.1, 0.15) is 6.42 Å². The number of nitrogens with zero attached hydrogens (tertiary/aromatic N) is 2. The van der Waals surface area contributed by atoms with Crippen LogP contribution >= 0.6 is 15.9 Å². The quantitative estimate of drug-likeness (QED) is 0.845. The van der Waals surface area contributed by atoms with Crippen molar-refractivity contribution in [2.75, 3.05) is 13.6 Å². The van der Waals surface area contributed by atoms with Crippen LogP contribution in [0.3, 0.4) is 0 Å². The van der Waals surface area contributed by atoms with Crippen molar-refractivity contribution in [1.29, 1.82) is 5.26 Å². The third-order valence-corrected chi connectivity index (χ3v) is 4.99. The first-order valence-corrected chi connectivity index (χ1v) is 7.02. The highest BCUT2D eigenvalue weighted by Gasteiger charge is 2.27. The van der Waals surface area contributed by atoms with Gasteiger partial charge in [-0.1, -0.05) is 0 Å². The standard InChI is InChI=1S/C10H9BrF2N2O2S/c1-15(4-2-3-14)18(16,17)10-8(11)5-7(12)6-9(10)13/h5-6H,2,4H2,1H3. The van der Waals surface area contributed by atoms with Gasteiger partial charge in [0.1, 0.15) is 16.5 Å². The molecule has 0 aromatic heterocycles. The summed E-state index contributed by atoms with van der Waals surface area (Å²) in [6.07, 6.45) is -0.0177. The summed E-state index contributed by atoms with van der Waals surface area (Å²) in [5, 5.41) is 8.39. The molecule has 1 rings (SSSR count). The molecule has 0 unspecified atom stereocenters. The van der Waals surface area contributed by atoms with Crippen molar-refractivity contribution in [1.82, 2.24) is 4.31 Å². The van der Waals surface area contributed by atoms with E-state index in [-0.39, 0.29) is 17.4 Å². The molecule has 0 atom stereocenters. The summed E-state index contributed by atoms with van der Waals surface area (Å²) in [4.78, 5) is -0.635. The molecule has 1 aromatic carbocycles. The predicted octanol–water partition coefficient (Wildman–Crippen LogP) is 2.26. The van der Waals surface area contributed by atoms with E-state index in [2.05, 4.69) is 15.9 Å². The van der Waals surface area contributed by atoms with Gasteiger partial charge in [0.2, 0.25) is 10.0 Å². The Labute approximate surface area is 112 Å². The molecule has 0 spiro atoms. The third-order valence-electron chi connectivity index (χ3n) is 2.17. The highest BCUT2D eigenvalue weighted by molar-refractivity contribution is 9.10. The molecular formula is C10H9BrF2N2O2S. The number of rotatable bonds is 4. The number of sulfonamides is 1. The lowest BCUT2D eigenvalue weighted by Crippen LogP contribution is -2.29. The second kappa shape index (κ2) is 5.73. The fourth-order valence-electron chi connectivity index (χ4n) is 1.26. The van der Waals surface area contributed by atoms with Gasteiger partial charge in [-0.05, 0) is 22.0 Å². The van der Waals surface area contributed by atoms with Gasteiger partial charge in [0.05, 0.1) is 6.07 Å². The van der Waals surface area contributed by atoms with Crippen molar-refractivity contribution in [3.63, 3.8) is 0 Å². The largest absolute Gasteiger partial charge is 0.246 e. The SMILES string of the molecule is CN(CCC#N)S(=O)(=O)c1c(F)cc(F)cc1Br. The molecule has 0 saturated heterocycles. The average molecular weight is 339 g/mol. The Morgan fingerprint density at radius 2 is 2.06 bits per heavy atom. The van der Waals surface area contributed by atoms with Gasteiger partial charge in [0, 0.05) is 30.6 Å². The molecule has 0 amide bonds. The van der Waals surface area contributed by atoms with Crippen LogP contribution in [0.4, 0.5) is 8.78 Å². The van der Waals surface area contributed by atoms with Gasteiger partial charge in [-0.25, -0.2) is 17.2 Å². The number of hydrogen-bond donors (Lipinski definition) is 0. The number of halogens is 3. The van der Waals surface area contributed by atoms with Gasteiger partial charge >= 0.3 is 0 Å². The molecule has 0 fully saturated rings. The van der Waals surface area contributed by atoms with E-state index in [0.717, 1.165) is 10.4 Å². The fourth-order valence-corrected chi connectivity index (χ4v) is 3.53. The van der Waals surface area contributed by atoms with Crippen LogP contribution in [0.15, 0.2) is 21.5 Å². The molecule has 0 aliphatic heterocycles. The first kappa shape index (κ1) is 15.0. The second-order valence-corrected chi connectivity index (χ2v) is 6.27. The Hall–Kier alpha value is -1.04. The Bertz CT molecular complexity index is 575. The van der Waals surface area contributed by atoms with Crippen LogP contribution in [0.2, 0.25) is 0 Å². The van der Waals surface area contributed by atoms with E-state index < -0.39 is 26.6 Å². The molecule has 8 heteroatoms. The van der Waals surface area contributed by atoms with Crippen molar-refractivity contribution in [3.05, 3.63) is 28.2 Å². The van der Waals surface area contributed by atoms with Gasteiger partial charge in [-0.15, -0.1) is 0 Å². The third kappa shape index (κ3) is 3.04. The van der Waals surface area contributed by atoms with E-state index >= 15 is 0 Å². The summed E-state index contributed by atoms with van der Waals surface area (Å²) < 4.78 is 51.1. The Kier molecular flexibility index (Phi) is 4.78. The van der Waals surface area contributed by atoms with Gasteiger partial charge in [0.15, 0.2) is 0 Å². The minimum Gasteiger partial charge on any atom is -0.207 e. The van der Waals surface area contributed by atoms with E-state index in [0.29, 0.717) is 6.07 Å². The second-order valence-electron chi connectivity index (χ2n) is 3.43. The van der Waals surface area contributed by atoms with Crippen molar-refractivity contribution in [3.8, 4) is 6.07 Å².